The lowest BCUT2D eigenvalue weighted by molar-refractivity contribution is 0.419. The molecule has 0 aromatic heterocycles. The minimum absolute atomic E-state index is 0.0850. The number of benzene rings is 10. The summed E-state index contributed by atoms with van der Waals surface area (Å²) < 4.78 is 0. The predicted molar refractivity (Wildman–Crippen MR) is 293 cm³/mol. The Balaban J connectivity index is 0.952. The lowest BCUT2D eigenvalue weighted by atomic mass is 9.67. The summed E-state index contributed by atoms with van der Waals surface area (Å²) in [5.74, 6) is 0.898. The number of rotatable bonds is 8. The van der Waals surface area contributed by atoms with Crippen molar-refractivity contribution in [2.45, 2.75) is 62.2 Å². The molecule has 336 valence electrons. The van der Waals surface area contributed by atoms with E-state index >= 15 is 0 Å². The van der Waals surface area contributed by atoms with E-state index in [-0.39, 0.29) is 5.41 Å². The third kappa shape index (κ3) is 6.03. The molecule has 70 heavy (non-hydrogen) atoms. The first-order valence-corrected chi connectivity index (χ1v) is 25.5. The highest BCUT2D eigenvalue weighted by molar-refractivity contribution is 6.07. The van der Waals surface area contributed by atoms with E-state index in [9.17, 15) is 0 Å². The Morgan fingerprint density at radius 2 is 0.886 bits per heavy atom. The molecule has 10 aromatic rings. The maximum Gasteiger partial charge on any atom is 0.0713 e. The van der Waals surface area contributed by atoms with Gasteiger partial charge in [0.1, 0.15) is 0 Å². The Hall–Kier alpha value is -7.74. The van der Waals surface area contributed by atoms with Crippen molar-refractivity contribution in [3.05, 3.63) is 269 Å². The Bertz CT molecular complexity index is 3660. The van der Waals surface area contributed by atoms with E-state index in [2.05, 4.69) is 249 Å². The molecular weight excluding hydrogens is 843 g/mol. The zero-order chi connectivity index (χ0) is 46.6. The summed E-state index contributed by atoms with van der Waals surface area (Å²) in [4.78, 5) is 2.48. The summed E-state index contributed by atoms with van der Waals surface area (Å²) in [6.45, 7) is 4.73. The highest BCUT2D eigenvalue weighted by Crippen LogP contribution is 2.60. The summed E-state index contributed by atoms with van der Waals surface area (Å²) in [6, 6.07) is 87.5. The second kappa shape index (κ2) is 15.6. The van der Waals surface area contributed by atoms with Crippen LogP contribution in [0.2, 0.25) is 0 Å². The van der Waals surface area contributed by atoms with Crippen LogP contribution in [0.15, 0.2) is 231 Å². The Morgan fingerprint density at radius 1 is 0.371 bits per heavy atom. The largest absolute Gasteiger partial charge is 0.310 e. The number of fused-ring (bicyclic) bond motifs is 9. The van der Waals surface area contributed by atoms with Gasteiger partial charge < -0.3 is 4.90 Å². The molecule has 10 aromatic carbocycles. The molecule has 0 saturated heterocycles. The monoisotopic (exact) mass is 897 g/mol. The van der Waals surface area contributed by atoms with Gasteiger partial charge in [-0.25, -0.2) is 0 Å². The average molecular weight is 898 g/mol. The lowest BCUT2D eigenvalue weighted by Gasteiger charge is -2.35. The van der Waals surface area contributed by atoms with Crippen LogP contribution in [-0.2, 0) is 16.2 Å². The van der Waals surface area contributed by atoms with Gasteiger partial charge in [-0.1, -0.05) is 208 Å². The van der Waals surface area contributed by atoms with Crippen LogP contribution in [0.25, 0.3) is 55.3 Å². The molecule has 0 heterocycles. The molecule has 14 rings (SSSR count). The van der Waals surface area contributed by atoms with E-state index in [0.29, 0.717) is 5.41 Å². The molecule has 2 saturated carbocycles. The van der Waals surface area contributed by atoms with E-state index in [1.54, 1.807) is 5.56 Å². The van der Waals surface area contributed by atoms with Crippen LogP contribution in [0, 0.1) is 5.92 Å². The number of anilines is 3. The molecule has 1 heteroatoms. The number of nitrogens with zero attached hydrogens (tertiary/aromatic N) is 1. The van der Waals surface area contributed by atoms with Crippen molar-refractivity contribution in [3.63, 3.8) is 0 Å². The summed E-state index contributed by atoms with van der Waals surface area (Å²) in [6.07, 6.45) is 6.76. The van der Waals surface area contributed by atoms with Gasteiger partial charge in [0.15, 0.2) is 0 Å². The minimum Gasteiger partial charge on any atom is -0.310 e. The van der Waals surface area contributed by atoms with Gasteiger partial charge >= 0.3 is 0 Å². The quantitative estimate of drug-likeness (QED) is 0.147. The van der Waals surface area contributed by atoms with Crippen molar-refractivity contribution >= 4 is 27.8 Å². The predicted octanol–water partition coefficient (Wildman–Crippen LogP) is 18.1. The normalized spacial score (nSPS) is 19.9. The third-order valence-electron chi connectivity index (χ3n) is 17.4. The second-order valence-electron chi connectivity index (χ2n) is 21.3. The van der Waals surface area contributed by atoms with Gasteiger partial charge in [-0.15, -0.1) is 0 Å². The fourth-order valence-corrected chi connectivity index (χ4v) is 14.1. The van der Waals surface area contributed by atoms with Crippen LogP contribution < -0.4 is 4.90 Å². The van der Waals surface area contributed by atoms with Gasteiger partial charge in [-0.05, 0) is 174 Å². The van der Waals surface area contributed by atoms with Gasteiger partial charge in [0.05, 0.1) is 5.41 Å². The summed E-state index contributed by atoms with van der Waals surface area (Å²) in [7, 11) is 0. The van der Waals surface area contributed by atoms with Crippen LogP contribution in [0.1, 0.15) is 84.9 Å². The maximum absolute atomic E-state index is 2.61. The fraction of sp³-hybridized carbons (Fsp3) is 0.159. The standard InChI is InChI=1S/C69H55N/c1-67(2)62-28-11-9-24-58(62)61-44-55(35-37-63(61)67)70(54-23-13-20-49(42-54)57-27-15-19-48-18-14-26-56(66(48)57)47-16-5-3-6-17-47)53-33-30-51(31-34-53)69(50-21-7-4-8-22-50)64-29-12-10-25-59(64)60-43-52(32-36-65(60)69)68-40-38-46(45-68)39-41-68/h3-37,42-44,46H,38-41,45H2,1-2H3. The molecule has 0 aliphatic heterocycles. The van der Waals surface area contributed by atoms with Gasteiger partial charge in [0.2, 0.25) is 0 Å². The molecule has 0 radical (unpaired) electrons. The molecular formula is C69H55N. The zero-order valence-corrected chi connectivity index (χ0v) is 40.0. The SMILES string of the molecule is CC1(C)c2ccccc2-c2cc(N(c3ccc(C4(c5ccccc5)c5ccccc5-c5cc(C67CCC(CC6)C7)ccc54)cc3)c3cccc(-c4cccc5cccc(-c6ccccc6)c45)c3)ccc21. The molecule has 4 aliphatic rings. The van der Waals surface area contributed by atoms with Gasteiger partial charge in [-0.2, -0.15) is 0 Å². The molecule has 1 atom stereocenters. The highest BCUT2D eigenvalue weighted by Gasteiger charge is 2.49. The third-order valence-corrected chi connectivity index (χ3v) is 17.4. The summed E-state index contributed by atoms with van der Waals surface area (Å²) >= 11 is 0. The van der Waals surface area contributed by atoms with Crippen molar-refractivity contribution in [2.24, 2.45) is 5.92 Å². The molecule has 2 fully saturated rings. The van der Waals surface area contributed by atoms with Gasteiger partial charge in [0, 0.05) is 22.5 Å². The van der Waals surface area contributed by atoms with Crippen LogP contribution in [-0.4, -0.2) is 0 Å². The Kier molecular flexibility index (Phi) is 9.22. The molecule has 2 bridgehead atoms. The van der Waals surface area contributed by atoms with E-state index < -0.39 is 5.41 Å². The lowest BCUT2D eigenvalue weighted by Crippen LogP contribution is -2.29. The number of hydrogen-bond donors (Lipinski definition) is 0. The minimum atomic E-state index is -0.478. The molecule has 0 N–H and O–H groups in total. The first kappa shape index (κ1) is 41.3. The Morgan fingerprint density at radius 3 is 1.61 bits per heavy atom. The Labute approximate surface area is 412 Å². The van der Waals surface area contributed by atoms with Crippen molar-refractivity contribution < 1.29 is 0 Å². The van der Waals surface area contributed by atoms with Gasteiger partial charge in [-0.3, -0.25) is 0 Å². The molecule has 1 nitrogen and oxygen atoms in total. The van der Waals surface area contributed by atoms with Crippen molar-refractivity contribution in [3.8, 4) is 44.5 Å². The topological polar surface area (TPSA) is 3.24 Å². The summed E-state index contributed by atoms with van der Waals surface area (Å²) in [5, 5.41) is 2.51. The average Bonchev–Trinajstić information content (AvgIpc) is 4.18. The number of hydrogen-bond acceptors (Lipinski definition) is 1. The van der Waals surface area contributed by atoms with Crippen molar-refractivity contribution in [1.82, 2.24) is 0 Å². The second-order valence-corrected chi connectivity index (χ2v) is 21.3. The smallest absolute Gasteiger partial charge is 0.0713 e. The molecule has 0 spiro atoms. The van der Waals surface area contributed by atoms with Crippen LogP contribution in [0.4, 0.5) is 17.1 Å². The highest BCUT2D eigenvalue weighted by atomic mass is 15.1. The zero-order valence-electron chi connectivity index (χ0n) is 40.0. The molecule has 1 unspecified atom stereocenters. The van der Waals surface area contributed by atoms with Crippen LogP contribution in [0.3, 0.4) is 0 Å². The van der Waals surface area contributed by atoms with Crippen molar-refractivity contribution in [1.29, 1.82) is 0 Å². The fourth-order valence-electron chi connectivity index (χ4n) is 14.1. The van der Waals surface area contributed by atoms with E-state index in [4.69, 9.17) is 0 Å². The van der Waals surface area contributed by atoms with E-state index in [1.807, 2.05) is 0 Å². The van der Waals surface area contributed by atoms with E-state index in [1.165, 1.54) is 121 Å². The first-order valence-electron chi connectivity index (χ1n) is 25.5. The first-order chi connectivity index (χ1) is 34.4. The van der Waals surface area contributed by atoms with E-state index in [0.717, 1.165) is 23.0 Å². The van der Waals surface area contributed by atoms with Crippen molar-refractivity contribution in [2.75, 3.05) is 4.90 Å². The summed E-state index contributed by atoms with van der Waals surface area (Å²) in [5.41, 5.74) is 23.1. The molecule has 0 amide bonds. The maximum atomic E-state index is 2.61. The molecule has 4 aliphatic carbocycles. The van der Waals surface area contributed by atoms with Crippen LogP contribution >= 0.6 is 0 Å². The van der Waals surface area contributed by atoms with Crippen LogP contribution in [0.5, 0.6) is 0 Å². The van der Waals surface area contributed by atoms with Gasteiger partial charge in [0.25, 0.3) is 0 Å².